The van der Waals surface area contributed by atoms with Crippen LogP contribution in [0.1, 0.15) is 18.4 Å². The average molecular weight is 184 g/mol. The van der Waals surface area contributed by atoms with E-state index in [2.05, 4.69) is 10.5 Å². The van der Waals surface area contributed by atoms with Crippen molar-refractivity contribution in [2.45, 2.75) is 26.4 Å². The molecule has 1 heterocycles. The van der Waals surface area contributed by atoms with Crippen molar-refractivity contribution in [3.8, 4) is 0 Å². The first kappa shape index (κ1) is 9.73. The average Bonchev–Trinajstić information content (AvgIpc) is 2.47. The second kappa shape index (κ2) is 4.04. The zero-order valence-electron chi connectivity index (χ0n) is 7.57. The summed E-state index contributed by atoms with van der Waals surface area (Å²) in [5.74, 6) is -0.153. The molecule has 0 saturated carbocycles. The van der Waals surface area contributed by atoms with Crippen molar-refractivity contribution in [3.63, 3.8) is 0 Å². The largest absolute Gasteiger partial charge is 0.480 e. The van der Waals surface area contributed by atoms with E-state index in [-0.39, 0.29) is 0 Å². The third-order valence-electron chi connectivity index (χ3n) is 1.64. The molecule has 13 heavy (non-hydrogen) atoms. The number of nitrogens with zero attached hydrogens (tertiary/aromatic N) is 1. The van der Waals surface area contributed by atoms with Gasteiger partial charge in [-0.2, -0.15) is 0 Å². The third kappa shape index (κ3) is 2.87. The smallest absolute Gasteiger partial charge is 0.320 e. The van der Waals surface area contributed by atoms with Crippen LogP contribution in [-0.4, -0.2) is 22.3 Å². The van der Waals surface area contributed by atoms with Crippen LogP contribution in [0.3, 0.4) is 0 Å². The molecule has 0 spiro atoms. The lowest BCUT2D eigenvalue weighted by molar-refractivity contribution is -0.139. The van der Waals surface area contributed by atoms with Crippen LogP contribution in [0.5, 0.6) is 0 Å². The molecule has 1 atom stereocenters. The lowest BCUT2D eigenvalue weighted by Crippen LogP contribution is -2.33. The van der Waals surface area contributed by atoms with Gasteiger partial charge >= 0.3 is 5.97 Å². The normalized spacial score (nSPS) is 12.8. The van der Waals surface area contributed by atoms with Crippen molar-refractivity contribution in [2.24, 2.45) is 0 Å². The predicted molar refractivity (Wildman–Crippen MR) is 45.2 cm³/mol. The number of aromatic nitrogens is 1. The Balaban J connectivity index is 2.39. The van der Waals surface area contributed by atoms with Crippen molar-refractivity contribution in [1.29, 1.82) is 0 Å². The third-order valence-corrected chi connectivity index (χ3v) is 1.64. The number of carboxylic acids is 1. The van der Waals surface area contributed by atoms with E-state index in [0.717, 1.165) is 5.76 Å². The second-order valence-corrected chi connectivity index (χ2v) is 2.87. The SMILES string of the molecule is Cc1cc(CN[C@H](C)C(=O)O)no1. The fourth-order valence-electron chi connectivity index (χ4n) is 0.846. The van der Waals surface area contributed by atoms with Gasteiger partial charge in [-0.3, -0.25) is 10.1 Å². The van der Waals surface area contributed by atoms with Gasteiger partial charge in [0, 0.05) is 12.6 Å². The van der Waals surface area contributed by atoms with E-state index in [1.54, 1.807) is 19.9 Å². The van der Waals surface area contributed by atoms with Gasteiger partial charge in [-0.15, -0.1) is 0 Å². The molecule has 0 aliphatic carbocycles. The molecule has 1 aromatic rings. The number of hydrogen-bond donors (Lipinski definition) is 2. The molecule has 0 bridgehead atoms. The number of aryl methyl sites for hydroxylation is 1. The standard InChI is InChI=1S/C8H12N2O3/c1-5-3-7(10-13-5)4-9-6(2)8(11)12/h3,6,9H,4H2,1-2H3,(H,11,12)/t6-/m1/s1. The first-order valence-corrected chi connectivity index (χ1v) is 3.98. The molecule has 1 aromatic heterocycles. The van der Waals surface area contributed by atoms with Crippen molar-refractivity contribution >= 4 is 5.97 Å². The minimum absolute atomic E-state index is 0.408. The highest BCUT2D eigenvalue weighted by atomic mass is 16.5. The zero-order valence-corrected chi connectivity index (χ0v) is 7.57. The van der Waals surface area contributed by atoms with Crippen LogP contribution in [-0.2, 0) is 11.3 Å². The number of rotatable bonds is 4. The van der Waals surface area contributed by atoms with E-state index in [1.165, 1.54) is 0 Å². The minimum atomic E-state index is -0.875. The Morgan fingerprint density at radius 1 is 1.85 bits per heavy atom. The summed E-state index contributed by atoms with van der Waals surface area (Å²) in [7, 11) is 0. The van der Waals surface area contributed by atoms with Crippen LogP contribution in [0.2, 0.25) is 0 Å². The second-order valence-electron chi connectivity index (χ2n) is 2.87. The van der Waals surface area contributed by atoms with Gasteiger partial charge in [0.2, 0.25) is 0 Å². The Morgan fingerprint density at radius 3 is 3.00 bits per heavy atom. The van der Waals surface area contributed by atoms with E-state index >= 15 is 0 Å². The van der Waals surface area contributed by atoms with E-state index in [0.29, 0.717) is 12.2 Å². The van der Waals surface area contributed by atoms with Gasteiger partial charge in [-0.25, -0.2) is 0 Å². The zero-order chi connectivity index (χ0) is 9.84. The van der Waals surface area contributed by atoms with E-state index < -0.39 is 12.0 Å². The van der Waals surface area contributed by atoms with E-state index in [4.69, 9.17) is 9.63 Å². The Kier molecular flexibility index (Phi) is 3.02. The maximum atomic E-state index is 10.4. The van der Waals surface area contributed by atoms with Crippen molar-refractivity contribution < 1.29 is 14.4 Å². The Hall–Kier alpha value is -1.36. The molecule has 0 unspecified atom stereocenters. The first-order chi connectivity index (χ1) is 6.09. The minimum Gasteiger partial charge on any atom is -0.480 e. The highest BCUT2D eigenvalue weighted by molar-refractivity contribution is 5.72. The van der Waals surface area contributed by atoms with Gasteiger partial charge in [0.15, 0.2) is 0 Å². The van der Waals surface area contributed by atoms with Crippen molar-refractivity contribution in [2.75, 3.05) is 0 Å². The van der Waals surface area contributed by atoms with Gasteiger partial charge in [-0.05, 0) is 13.8 Å². The molecule has 0 fully saturated rings. The van der Waals surface area contributed by atoms with Crippen LogP contribution in [0.4, 0.5) is 0 Å². The fourth-order valence-corrected chi connectivity index (χ4v) is 0.846. The van der Waals surface area contributed by atoms with E-state index in [1.807, 2.05) is 0 Å². The van der Waals surface area contributed by atoms with Crippen molar-refractivity contribution in [1.82, 2.24) is 10.5 Å². The van der Waals surface area contributed by atoms with Gasteiger partial charge in [0.25, 0.3) is 0 Å². The maximum absolute atomic E-state index is 10.4. The first-order valence-electron chi connectivity index (χ1n) is 3.98. The molecule has 1 rings (SSSR count). The van der Waals surface area contributed by atoms with Crippen LogP contribution < -0.4 is 5.32 Å². The molecule has 0 saturated heterocycles. The number of hydrogen-bond acceptors (Lipinski definition) is 4. The van der Waals surface area contributed by atoms with Gasteiger partial charge < -0.3 is 9.63 Å². The predicted octanol–water partition coefficient (Wildman–Crippen LogP) is 0.546. The Morgan fingerprint density at radius 2 is 2.54 bits per heavy atom. The molecule has 0 amide bonds. The monoisotopic (exact) mass is 184 g/mol. The molecule has 0 radical (unpaired) electrons. The summed E-state index contributed by atoms with van der Waals surface area (Å²) >= 11 is 0. The van der Waals surface area contributed by atoms with Gasteiger partial charge in [-0.1, -0.05) is 5.16 Å². The number of aliphatic carboxylic acids is 1. The molecular weight excluding hydrogens is 172 g/mol. The number of nitrogens with one attached hydrogen (secondary N) is 1. The molecule has 2 N–H and O–H groups in total. The number of carbonyl (C=O) groups is 1. The van der Waals surface area contributed by atoms with Crippen LogP contribution >= 0.6 is 0 Å². The van der Waals surface area contributed by atoms with E-state index in [9.17, 15) is 4.79 Å². The maximum Gasteiger partial charge on any atom is 0.320 e. The summed E-state index contributed by atoms with van der Waals surface area (Å²) in [4.78, 5) is 10.4. The fraction of sp³-hybridized carbons (Fsp3) is 0.500. The Bertz CT molecular complexity index is 295. The summed E-state index contributed by atoms with van der Waals surface area (Å²) in [6.45, 7) is 3.78. The molecule has 0 aromatic carbocycles. The lowest BCUT2D eigenvalue weighted by atomic mass is 10.3. The Labute approximate surface area is 75.7 Å². The van der Waals surface area contributed by atoms with Gasteiger partial charge in [0.05, 0.1) is 5.69 Å². The summed E-state index contributed by atoms with van der Waals surface area (Å²) in [5, 5.41) is 15.1. The summed E-state index contributed by atoms with van der Waals surface area (Å²) in [5.41, 5.74) is 0.714. The molecule has 0 aliphatic heterocycles. The quantitative estimate of drug-likeness (QED) is 0.714. The van der Waals surface area contributed by atoms with Gasteiger partial charge in [0.1, 0.15) is 11.8 Å². The summed E-state index contributed by atoms with van der Waals surface area (Å²) < 4.78 is 4.82. The molecule has 72 valence electrons. The van der Waals surface area contributed by atoms with Crippen molar-refractivity contribution in [3.05, 3.63) is 17.5 Å². The molecule has 5 nitrogen and oxygen atoms in total. The summed E-state index contributed by atoms with van der Waals surface area (Å²) in [6.07, 6.45) is 0. The number of carboxylic acid groups (broad SMARTS) is 1. The highest BCUT2D eigenvalue weighted by Gasteiger charge is 2.10. The lowest BCUT2D eigenvalue weighted by Gasteiger charge is -2.05. The molecular formula is C8H12N2O3. The van der Waals surface area contributed by atoms with Crippen LogP contribution in [0, 0.1) is 6.92 Å². The molecule has 0 aliphatic rings. The highest BCUT2D eigenvalue weighted by Crippen LogP contribution is 2.00. The summed E-state index contributed by atoms with van der Waals surface area (Å²) in [6, 6.07) is 1.19. The molecule has 5 heteroatoms. The van der Waals surface area contributed by atoms with Crippen LogP contribution in [0.15, 0.2) is 10.6 Å². The topological polar surface area (TPSA) is 75.4 Å². The van der Waals surface area contributed by atoms with Crippen LogP contribution in [0.25, 0.3) is 0 Å².